The number of anilines is 1. The standard InChI is InChI=1S/C23H24N2O4S/c1-18-12-14-20(15-13-18)30(27,28)25(21-10-6-7-11-22(21)29-2)17-23(26)24-16-19-8-4-3-5-9-19/h3-15H,16-17H2,1-2H3,(H,24,26). The van der Waals surface area contributed by atoms with Gasteiger partial charge in [-0.05, 0) is 36.8 Å². The first kappa shape index (κ1) is 21.4. The highest BCUT2D eigenvalue weighted by Gasteiger charge is 2.29. The Morgan fingerprint density at radius 3 is 2.23 bits per heavy atom. The fourth-order valence-corrected chi connectivity index (χ4v) is 4.39. The highest BCUT2D eigenvalue weighted by Crippen LogP contribution is 2.32. The second kappa shape index (κ2) is 9.45. The molecule has 0 spiro atoms. The summed E-state index contributed by atoms with van der Waals surface area (Å²) in [5.74, 6) is -0.0514. The van der Waals surface area contributed by atoms with E-state index in [9.17, 15) is 13.2 Å². The molecule has 0 aromatic heterocycles. The van der Waals surface area contributed by atoms with Gasteiger partial charge in [0, 0.05) is 6.54 Å². The van der Waals surface area contributed by atoms with E-state index in [1.807, 2.05) is 37.3 Å². The van der Waals surface area contributed by atoms with Crippen LogP contribution in [0.3, 0.4) is 0 Å². The molecule has 0 heterocycles. The summed E-state index contributed by atoms with van der Waals surface area (Å²) >= 11 is 0. The molecule has 6 nitrogen and oxygen atoms in total. The summed E-state index contributed by atoms with van der Waals surface area (Å²) in [6, 6.07) is 22.7. The minimum Gasteiger partial charge on any atom is -0.495 e. The number of nitrogens with one attached hydrogen (secondary N) is 1. The number of aryl methyl sites for hydroxylation is 1. The number of carbonyl (C=O) groups excluding carboxylic acids is 1. The van der Waals surface area contributed by atoms with E-state index in [-0.39, 0.29) is 11.4 Å². The Hall–Kier alpha value is -3.32. The number of carbonyl (C=O) groups is 1. The Morgan fingerprint density at radius 1 is 0.933 bits per heavy atom. The zero-order valence-electron chi connectivity index (χ0n) is 16.9. The second-order valence-corrected chi connectivity index (χ2v) is 8.62. The van der Waals surface area contributed by atoms with Crippen molar-refractivity contribution in [1.29, 1.82) is 0 Å². The van der Waals surface area contributed by atoms with Crippen molar-refractivity contribution >= 4 is 21.6 Å². The molecule has 0 aliphatic rings. The number of methoxy groups -OCH3 is 1. The summed E-state index contributed by atoms with van der Waals surface area (Å²) in [4.78, 5) is 12.8. The van der Waals surface area contributed by atoms with Gasteiger partial charge in [0.25, 0.3) is 10.0 Å². The van der Waals surface area contributed by atoms with Crippen LogP contribution in [0.1, 0.15) is 11.1 Å². The number of nitrogens with zero attached hydrogens (tertiary/aromatic N) is 1. The van der Waals surface area contributed by atoms with Crippen LogP contribution in [0.5, 0.6) is 5.75 Å². The summed E-state index contributed by atoms with van der Waals surface area (Å²) in [6.45, 7) is 1.82. The van der Waals surface area contributed by atoms with Crippen LogP contribution in [-0.4, -0.2) is 28.0 Å². The quantitative estimate of drug-likeness (QED) is 0.600. The lowest BCUT2D eigenvalue weighted by molar-refractivity contribution is -0.119. The zero-order chi connectivity index (χ0) is 21.6. The van der Waals surface area contributed by atoms with Gasteiger partial charge in [-0.3, -0.25) is 9.10 Å². The molecule has 0 saturated heterocycles. The molecule has 0 unspecified atom stereocenters. The predicted molar refractivity (Wildman–Crippen MR) is 117 cm³/mol. The van der Waals surface area contributed by atoms with E-state index in [2.05, 4.69) is 5.32 Å². The molecule has 0 fully saturated rings. The van der Waals surface area contributed by atoms with Crippen LogP contribution in [0, 0.1) is 6.92 Å². The number of rotatable bonds is 8. The first-order valence-electron chi connectivity index (χ1n) is 9.45. The average Bonchev–Trinajstić information content (AvgIpc) is 2.77. The first-order valence-corrected chi connectivity index (χ1v) is 10.9. The van der Waals surface area contributed by atoms with Gasteiger partial charge in [0.05, 0.1) is 17.7 Å². The van der Waals surface area contributed by atoms with Crippen molar-refractivity contribution in [3.05, 3.63) is 90.0 Å². The molecule has 7 heteroatoms. The van der Waals surface area contributed by atoms with Crippen molar-refractivity contribution in [2.24, 2.45) is 0 Å². The second-order valence-electron chi connectivity index (χ2n) is 6.76. The minimum absolute atomic E-state index is 0.106. The summed E-state index contributed by atoms with van der Waals surface area (Å²) in [5.41, 5.74) is 2.17. The number of benzene rings is 3. The number of amides is 1. The molecular weight excluding hydrogens is 400 g/mol. The molecule has 0 atom stereocenters. The molecule has 3 rings (SSSR count). The molecule has 0 saturated carbocycles. The van der Waals surface area contributed by atoms with Crippen molar-refractivity contribution in [3.63, 3.8) is 0 Å². The number of sulfonamides is 1. The van der Waals surface area contributed by atoms with Gasteiger partial charge in [0.1, 0.15) is 12.3 Å². The van der Waals surface area contributed by atoms with Crippen LogP contribution in [0.2, 0.25) is 0 Å². The normalized spacial score (nSPS) is 11.0. The van der Waals surface area contributed by atoms with Gasteiger partial charge in [-0.1, -0.05) is 60.2 Å². The molecular formula is C23H24N2O4S. The molecule has 0 aliphatic carbocycles. The van der Waals surface area contributed by atoms with Gasteiger partial charge in [-0.2, -0.15) is 0 Å². The maximum Gasteiger partial charge on any atom is 0.264 e. The van der Waals surface area contributed by atoms with Gasteiger partial charge in [-0.25, -0.2) is 8.42 Å². The third kappa shape index (κ3) is 4.99. The summed E-state index contributed by atoms with van der Waals surface area (Å²) < 4.78 is 33.3. The van der Waals surface area contributed by atoms with Crippen LogP contribution in [0.25, 0.3) is 0 Å². The lowest BCUT2D eigenvalue weighted by Crippen LogP contribution is -2.40. The number of hydrogen-bond donors (Lipinski definition) is 1. The number of hydrogen-bond acceptors (Lipinski definition) is 4. The highest BCUT2D eigenvalue weighted by molar-refractivity contribution is 7.92. The maximum atomic E-state index is 13.4. The summed E-state index contributed by atoms with van der Waals surface area (Å²) in [6.07, 6.45) is 0. The van der Waals surface area contributed by atoms with E-state index in [1.165, 1.54) is 19.2 Å². The van der Waals surface area contributed by atoms with Gasteiger partial charge in [0.15, 0.2) is 0 Å². The van der Waals surface area contributed by atoms with E-state index in [1.54, 1.807) is 36.4 Å². The van der Waals surface area contributed by atoms with E-state index in [0.29, 0.717) is 18.0 Å². The third-order valence-electron chi connectivity index (χ3n) is 4.58. The Kier molecular flexibility index (Phi) is 6.74. The molecule has 156 valence electrons. The van der Waals surface area contributed by atoms with Crippen LogP contribution in [-0.2, 0) is 21.4 Å². The number of para-hydroxylation sites is 2. The average molecular weight is 425 g/mol. The van der Waals surface area contributed by atoms with E-state index < -0.39 is 15.9 Å². The van der Waals surface area contributed by atoms with Crippen molar-refractivity contribution in [1.82, 2.24) is 5.32 Å². The van der Waals surface area contributed by atoms with Gasteiger partial charge < -0.3 is 10.1 Å². The lowest BCUT2D eigenvalue weighted by Gasteiger charge is -2.25. The Balaban J connectivity index is 1.91. The van der Waals surface area contributed by atoms with Crippen molar-refractivity contribution in [3.8, 4) is 5.75 Å². The maximum absolute atomic E-state index is 13.4. The Morgan fingerprint density at radius 2 is 1.57 bits per heavy atom. The summed E-state index contributed by atoms with van der Waals surface area (Å²) in [5, 5.41) is 2.78. The van der Waals surface area contributed by atoms with Crippen molar-refractivity contribution < 1.29 is 17.9 Å². The Bertz CT molecular complexity index is 1100. The smallest absolute Gasteiger partial charge is 0.264 e. The SMILES string of the molecule is COc1ccccc1N(CC(=O)NCc1ccccc1)S(=O)(=O)c1ccc(C)cc1. The van der Waals surface area contributed by atoms with E-state index in [4.69, 9.17) is 4.74 Å². The van der Waals surface area contributed by atoms with Gasteiger partial charge in [-0.15, -0.1) is 0 Å². The monoisotopic (exact) mass is 424 g/mol. The third-order valence-corrected chi connectivity index (χ3v) is 6.36. The van der Waals surface area contributed by atoms with Crippen LogP contribution >= 0.6 is 0 Å². The molecule has 3 aromatic rings. The minimum atomic E-state index is -3.99. The fraction of sp³-hybridized carbons (Fsp3) is 0.174. The lowest BCUT2D eigenvalue weighted by atomic mass is 10.2. The molecule has 0 bridgehead atoms. The van der Waals surface area contributed by atoms with E-state index >= 15 is 0 Å². The first-order chi connectivity index (χ1) is 14.4. The van der Waals surface area contributed by atoms with Crippen molar-refractivity contribution in [2.75, 3.05) is 18.0 Å². The van der Waals surface area contributed by atoms with Gasteiger partial charge in [0.2, 0.25) is 5.91 Å². The molecule has 0 aliphatic heterocycles. The topological polar surface area (TPSA) is 75.7 Å². The number of ether oxygens (including phenoxy) is 1. The molecule has 1 N–H and O–H groups in total. The van der Waals surface area contributed by atoms with Crippen molar-refractivity contribution in [2.45, 2.75) is 18.4 Å². The predicted octanol–water partition coefficient (Wildman–Crippen LogP) is 3.52. The summed E-state index contributed by atoms with van der Waals surface area (Å²) in [7, 11) is -2.53. The van der Waals surface area contributed by atoms with Crippen LogP contribution in [0.4, 0.5) is 5.69 Å². The Labute approximate surface area is 177 Å². The molecule has 30 heavy (non-hydrogen) atoms. The largest absolute Gasteiger partial charge is 0.495 e. The van der Waals surface area contributed by atoms with Crippen LogP contribution in [0.15, 0.2) is 83.8 Å². The highest BCUT2D eigenvalue weighted by atomic mass is 32.2. The van der Waals surface area contributed by atoms with E-state index in [0.717, 1.165) is 15.4 Å². The fourth-order valence-electron chi connectivity index (χ4n) is 2.96. The molecule has 0 radical (unpaired) electrons. The molecule has 3 aromatic carbocycles. The molecule has 1 amide bonds. The van der Waals surface area contributed by atoms with Crippen LogP contribution < -0.4 is 14.4 Å². The zero-order valence-corrected chi connectivity index (χ0v) is 17.7. The van der Waals surface area contributed by atoms with Gasteiger partial charge >= 0.3 is 0 Å².